The zero-order valence-electron chi connectivity index (χ0n) is 13.0. The summed E-state index contributed by atoms with van der Waals surface area (Å²) in [5.41, 5.74) is 0.415. The van der Waals surface area contributed by atoms with Crippen LogP contribution >= 0.6 is 11.3 Å². The lowest BCUT2D eigenvalue weighted by atomic mass is 9.93. The molecule has 2 aliphatic rings. The second-order valence-corrected chi connectivity index (χ2v) is 7.28. The molecule has 0 aliphatic carbocycles. The van der Waals surface area contributed by atoms with Gasteiger partial charge in [0.2, 0.25) is 0 Å². The fourth-order valence-corrected chi connectivity index (χ4v) is 4.30. The van der Waals surface area contributed by atoms with E-state index in [1.807, 2.05) is 24.0 Å². The summed E-state index contributed by atoms with van der Waals surface area (Å²) in [6, 6.07) is 3.72. The lowest BCUT2D eigenvalue weighted by molar-refractivity contribution is -0.188. The van der Waals surface area contributed by atoms with Gasteiger partial charge in [0.15, 0.2) is 5.01 Å². The van der Waals surface area contributed by atoms with Gasteiger partial charge < -0.3 is 14.4 Å². The molecule has 0 saturated carbocycles. The first kappa shape index (κ1) is 15.0. The molecule has 2 aromatic heterocycles. The number of carbonyl (C=O) groups excluding carboxylic acids is 1. The van der Waals surface area contributed by atoms with Crippen molar-refractivity contribution in [3.8, 4) is 0 Å². The van der Waals surface area contributed by atoms with Crippen LogP contribution in [0.3, 0.4) is 0 Å². The Morgan fingerprint density at radius 2 is 2.43 bits per heavy atom. The second-order valence-electron chi connectivity index (χ2n) is 6.30. The first-order valence-electron chi connectivity index (χ1n) is 7.92. The number of carbonyl (C=O) groups is 1. The van der Waals surface area contributed by atoms with Crippen LogP contribution in [0.25, 0.3) is 10.3 Å². The van der Waals surface area contributed by atoms with Crippen molar-refractivity contribution in [2.75, 3.05) is 26.3 Å². The summed E-state index contributed by atoms with van der Waals surface area (Å²) in [7, 11) is 0. The average molecular weight is 333 g/mol. The summed E-state index contributed by atoms with van der Waals surface area (Å²) in [6.45, 7) is 4.50. The molecular formula is C16H19N3O3S. The van der Waals surface area contributed by atoms with E-state index in [2.05, 4.69) is 9.97 Å². The number of fused-ring (bicyclic) bond motifs is 1. The molecule has 122 valence electrons. The minimum atomic E-state index is -0.361. The Hall–Kier alpha value is -1.57. The molecule has 4 rings (SSSR count). The first-order chi connectivity index (χ1) is 11.2. The number of hydrogen-bond acceptors (Lipinski definition) is 6. The predicted octanol–water partition coefficient (Wildman–Crippen LogP) is 2.10. The van der Waals surface area contributed by atoms with Crippen LogP contribution in [0.4, 0.5) is 0 Å². The number of morpholine rings is 1. The number of ether oxygens (including phenoxy) is 2. The van der Waals surface area contributed by atoms with Crippen LogP contribution in [0, 0.1) is 0 Å². The Labute approximate surface area is 138 Å². The molecule has 0 aromatic carbocycles. The van der Waals surface area contributed by atoms with Gasteiger partial charge in [0.1, 0.15) is 15.9 Å². The molecule has 4 heterocycles. The molecule has 2 aliphatic heterocycles. The minimum Gasteiger partial charge on any atom is -0.378 e. The van der Waals surface area contributed by atoms with Gasteiger partial charge in [0.05, 0.1) is 19.3 Å². The molecule has 1 spiro atoms. The molecule has 2 saturated heterocycles. The Morgan fingerprint density at radius 1 is 1.52 bits per heavy atom. The Kier molecular flexibility index (Phi) is 3.79. The molecular weight excluding hydrogens is 314 g/mol. The molecule has 0 unspecified atom stereocenters. The van der Waals surface area contributed by atoms with Crippen molar-refractivity contribution in [1.82, 2.24) is 14.9 Å². The first-order valence-corrected chi connectivity index (χ1v) is 8.73. The van der Waals surface area contributed by atoms with E-state index in [0.29, 0.717) is 24.7 Å². The number of rotatable bonds is 1. The van der Waals surface area contributed by atoms with Gasteiger partial charge in [-0.15, -0.1) is 0 Å². The van der Waals surface area contributed by atoms with Crippen LogP contribution in [0.15, 0.2) is 18.3 Å². The fourth-order valence-electron chi connectivity index (χ4n) is 3.42. The predicted molar refractivity (Wildman–Crippen MR) is 86.6 cm³/mol. The highest BCUT2D eigenvalue weighted by Gasteiger charge is 2.43. The fraction of sp³-hybridized carbons (Fsp3) is 0.562. The van der Waals surface area contributed by atoms with Crippen LogP contribution in [0.2, 0.25) is 0 Å². The van der Waals surface area contributed by atoms with Crippen molar-refractivity contribution >= 4 is 27.6 Å². The number of aromatic nitrogens is 2. The SMILES string of the molecule is C[C@@H]1CN(C(=O)c2nc3cccnc3s2)C[C@@]2(CCCOC2)O1. The molecule has 2 aromatic rings. The quantitative estimate of drug-likeness (QED) is 0.800. The topological polar surface area (TPSA) is 64.6 Å². The van der Waals surface area contributed by atoms with Crippen LogP contribution in [-0.2, 0) is 9.47 Å². The molecule has 2 atom stereocenters. The van der Waals surface area contributed by atoms with Gasteiger partial charge in [0.25, 0.3) is 5.91 Å². The number of amides is 1. The van der Waals surface area contributed by atoms with Gasteiger partial charge in [-0.3, -0.25) is 4.79 Å². The molecule has 0 bridgehead atoms. The van der Waals surface area contributed by atoms with Crippen molar-refractivity contribution in [2.24, 2.45) is 0 Å². The van der Waals surface area contributed by atoms with Crippen molar-refractivity contribution in [1.29, 1.82) is 0 Å². The molecule has 6 nitrogen and oxygen atoms in total. The number of pyridine rings is 1. The lowest BCUT2D eigenvalue weighted by Gasteiger charge is -2.47. The van der Waals surface area contributed by atoms with E-state index in [1.54, 1.807) is 6.20 Å². The largest absolute Gasteiger partial charge is 0.378 e. The van der Waals surface area contributed by atoms with Crippen molar-refractivity contribution in [3.05, 3.63) is 23.3 Å². The van der Waals surface area contributed by atoms with Crippen LogP contribution in [-0.4, -0.2) is 58.8 Å². The summed E-state index contributed by atoms with van der Waals surface area (Å²) in [4.78, 5) is 24.3. The third kappa shape index (κ3) is 2.84. The molecule has 1 amide bonds. The van der Waals surface area contributed by atoms with Crippen LogP contribution in [0.5, 0.6) is 0 Å². The highest BCUT2D eigenvalue weighted by atomic mass is 32.1. The zero-order valence-corrected chi connectivity index (χ0v) is 13.8. The van der Waals surface area contributed by atoms with Crippen molar-refractivity contribution < 1.29 is 14.3 Å². The smallest absolute Gasteiger partial charge is 0.283 e. The van der Waals surface area contributed by atoms with E-state index in [9.17, 15) is 4.79 Å². The van der Waals surface area contributed by atoms with E-state index in [4.69, 9.17) is 9.47 Å². The summed E-state index contributed by atoms with van der Waals surface area (Å²) in [6.07, 6.45) is 3.63. The third-order valence-corrected chi connectivity index (χ3v) is 5.30. The highest BCUT2D eigenvalue weighted by Crippen LogP contribution is 2.31. The normalized spacial score (nSPS) is 28.4. The van der Waals surface area contributed by atoms with E-state index in [0.717, 1.165) is 29.8 Å². The van der Waals surface area contributed by atoms with Gasteiger partial charge >= 0.3 is 0 Å². The van der Waals surface area contributed by atoms with Gasteiger partial charge in [-0.2, -0.15) is 0 Å². The molecule has 7 heteroatoms. The van der Waals surface area contributed by atoms with Gasteiger partial charge in [0, 0.05) is 19.3 Å². The molecule has 0 radical (unpaired) electrons. The van der Waals surface area contributed by atoms with Crippen LogP contribution in [0.1, 0.15) is 29.6 Å². The third-order valence-electron chi connectivity index (χ3n) is 4.33. The van der Waals surface area contributed by atoms with Crippen LogP contribution < -0.4 is 0 Å². The number of thiazole rings is 1. The van der Waals surface area contributed by atoms with E-state index in [-0.39, 0.29) is 17.6 Å². The lowest BCUT2D eigenvalue weighted by Crippen LogP contribution is -2.59. The van der Waals surface area contributed by atoms with E-state index < -0.39 is 0 Å². The summed E-state index contributed by atoms with van der Waals surface area (Å²) in [5.74, 6) is -0.0342. The Balaban J connectivity index is 1.59. The molecule has 0 N–H and O–H groups in total. The van der Waals surface area contributed by atoms with Gasteiger partial charge in [-0.1, -0.05) is 11.3 Å². The number of hydrogen-bond donors (Lipinski definition) is 0. The average Bonchev–Trinajstić information content (AvgIpc) is 2.98. The monoisotopic (exact) mass is 333 g/mol. The van der Waals surface area contributed by atoms with Gasteiger partial charge in [-0.25, -0.2) is 9.97 Å². The van der Waals surface area contributed by atoms with Crippen molar-refractivity contribution in [3.63, 3.8) is 0 Å². The maximum atomic E-state index is 12.9. The zero-order chi connectivity index (χ0) is 15.9. The highest BCUT2D eigenvalue weighted by molar-refractivity contribution is 7.19. The minimum absolute atomic E-state index is 0.00176. The summed E-state index contributed by atoms with van der Waals surface area (Å²) in [5, 5.41) is 0.500. The maximum Gasteiger partial charge on any atom is 0.283 e. The second kappa shape index (κ2) is 5.81. The Bertz CT molecular complexity index is 693. The molecule has 23 heavy (non-hydrogen) atoms. The summed E-state index contributed by atoms with van der Waals surface area (Å²) < 4.78 is 11.7. The van der Waals surface area contributed by atoms with Crippen molar-refractivity contribution in [2.45, 2.75) is 31.5 Å². The van der Waals surface area contributed by atoms with Gasteiger partial charge in [-0.05, 0) is 31.9 Å². The van der Waals surface area contributed by atoms with E-state index >= 15 is 0 Å². The number of nitrogens with zero attached hydrogens (tertiary/aromatic N) is 3. The molecule has 2 fully saturated rings. The van der Waals surface area contributed by atoms with E-state index in [1.165, 1.54) is 11.3 Å². The standard InChI is InChI=1S/C16H19N3O3S/c1-11-8-19(9-16(22-11)5-3-7-21-10-16)15(20)14-18-12-4-2-6-17-13(12)23-14/h2,4,6,11H,3,5,7-10H2,1H3/t11-,16-/m1/s1. The summed E-state index contributed by atoms with van der Waals surface area (Å²) >= 11 is 1.35. The Morgan fingerprint density at radius 3 is 3.22 bits per heavy atom. The maximum absolute atomic E-state index is 12.9.